The zero-order chi connectivity index (χ0) is 13.0. The van der Waals surface area contributed by atoms with Crippen LogP contribution in [0.1, 0.15) is 22.8 Å². The van der Waals surface area contributed by atoms with Crippen LogP contribution < -0.4 is 5.32 Å². The van der Waals surface area contributed by atoms with Crippen molar-refractivity contribution >= 4 is 11.6 Å². The van der Waals surface area contributed by atoms with E-state index in [2.05, 4.69) is 5.32 Å². The van der Waals surface area contributed by atoms with E-state index in [-0.39, 0.29) is 17.8 Å². The summed E-state index contributed by atoms with van der Waals surface area (Å²) in [6.07, 6.45) is -0.655. The zero-order valence-electron chi connectivity index (χ0n) is 9.64. The van der Waals surface area contributed by atoms with Crippen molar-refractivity contribution in [3.63, 3.8) is 0 Å². The second-order valence-corrected chi connectivity index (χ2v) is 3.77. The van der Waals surface area contributed by atoms with Crippen molar-refractivity contribution in [1.29, 1.82) is 0 Å². The first-order valence-corrected chi connectivity index (χ1v) is 5.13. The quantitative estimate of drug-likeness (QED) is 0.605. The molecule has 1 aromatic rings. The molecule has 0 fully saturated rings. The summed E-state index contributed by atoms with van der Waals surface area (Å²) in [5.74, 6) is -0.424. The van der Waals surface area contributed by atoms with Gasteiger partial charge in [-0.3, -0.25) is 14.9 Å². The standard InChI is InChI=1S/C11H14N2O4/c1-7(14)6-12-11(15)9-4-3-5-10(8(9)2)13(16)17/h3-5,7,14H,6H2,1-2H3,(H,12,15)/t7-/m1/s1. The lowest BCUT2D eigenvalue weighted by molar-refractivity contribution is -0.385. The molecule has 17 heavy (non-hydrogen) atoms. The number of nitro benzene ring substituents is 1. The molecule has 0 aliphatic carbocycles. The van der Waals surface area contributed by atoms with Crippen molar-refractivity contribution in [3.05, 3.63) is 39.4 Å². The number of aliphatic hydroxyl groups excluding tert-OH is 1. The largest absolute Gasteiger partial charge is 0.392 e. The Bertz CT molecular complexity index is 443. The maximum atomic E-state index is 11.7. The van der Waals surface area contributed by atoms with Crippen LogP contribution in [0.3, 0.4) is 0 Å². The molecule has 92 valence electrons. The Morgan fingerprint density at radius 2 is 2.24 bits per heavy atom. The third-order valence-corrected chi connectivity index (χ3v) is 2.30. The predicted molar refractivity (Wildman–Crippen MR) is 61.8 cm³/mol. The lowest BCUT2D eigenvalue weighted by Crippen LogP contribution is -2.31. The first kappa shape index (κ1) is 13.1. The smallest absolute Gasteiger partial charge is 0.273 e. The first-order chi connectivity index (χ1) is 7.93. The fraction of sp³-hybridized carbons (Fsp3) is 0.364. The minimum Gasteiger partial charge on any atom is -0.392 e. The summed E-state index contributed by atoms with van der Waals surface area (Å²) in [5.41, 5.74) is 0.482. The Kier molecular flexibility index (Phi) is 4.17. The van der Waals surface area contributed by atoms with Crippen molar-refractivity contribution in [1.82, 2.24) is 5.32 Å². The lowest BCUT2D eigenvalue weighted by atomic mass is 10.1. The van der Waals surface area contributed by atoms with Gasteiger partial charge >= 0.3 is 0 Å². The van der Waals surface area contributed by atoms with Crippen LogP contribution in [-0.4, -0.2) is 28.6 Å². The summed E-state index contributed by atoms with van der Waals surface area (Å²) in [4.78, 5) is 21.9. The fourth-order valence-electron chi connectivity index (χ4n) is 1.40. The molecule has 0 aliphatic heterocycles. The van der Waals surface area contributed by atoms with Gasteiger partial charge < -0.3 is 10.4 Å². The zero-order valence-corrected chi connectivity index (χ0v) is 9.64. The Labute approximate surface area is 98.4 Å². The van der Waals surface area contributed by atoms with Crippen LogP contribution in [0.2, 0.25) is 0 Å². The van der Waals surface area contributed by atoms with Gasteiger partial charge in [0.1, 0.15) is 0 Å². The van der Waals surface area contributed by atoms with Gasteiger partial charge in [0.05, 0.1) is 11.0 Å². The maximum absolute atomic E-state index is 11.7. The van der Waals surface area contributed by atoms with Gasteiger partial charge in [-0.05, 0) is 19.9 Å². The van der Waals surface area contributed by atoms with E-state index >= 15 is 0 Å². The van der Waals surface area contributed by atoms with Gasteiger partial charge in [-0.2, -0.15) is 0 Å². The molecule has 0 aromatic heterocycles. The third kappa shape index (κ3) is 3.25. The Morgan fingerprint density at radius 1 is 1.59 bits per heavy atom. The molecule has 1 rings (SSSR count). The first-order valence-electron chi connectivity index (χ1n) is 5.13. The van der Waals surface area contributed by atoms with Crippen molar-refractivity contribution < 1.29 is 14.8 Å². The molecule has 1 atom stereocenters. The van der Waals surface area contributed by atoms with Gasteiger partial charge in [0.15, 0.2) is 0 Å². The SMILES string of the molecule is Cc1c(C(=O)NC[C@@H](C)O)cccc1[N+](=O)[O-]. The van der Waals surface area contributed by atoms with Crippen molar-refractivity contribution in [2.75, 3.05) is 6.54 Å². The molecule has 0 saturated carbocycles. The Morgan fingerprint density at radius 3 is 2.76 bits per heavy atom. The molecule has 6 heteroatoms. The van der Waals surface area contributed by atoms with Gasteiger partial charge in [0.25, 0.3) is 11.6 Å². The summed E-state index contributed by atoms with van der Waals surface area (Å²) in [6.45, 7) is 3.18. The summed E-state index contributed by atoms with van der Waals surface area (Å²) in [6, 6.07) is 4.32. The van der Waals surface area contributed by atoms with E-state index in [1.54, 1.807) is 6.92 Å². The molecular formula is C11H14N2O4. The third-order valence-electron chi connectivity index (χ3n) is 2.30. The van der Waals surface area contributed by atoms with E-state index in [1.165, 1.54) is 25.1 Å². The fourth-order valence-corrected chi connectivity index (χ4v) is 1.40. The molecule has 0 radical (unpaired) electrons. The average Bonchev–Trinajstić information content (AvgIpc) is 2.25. The number of amides is 1. The van der Waals surface area contributed by atoms with Crippen LogP contribution >= 0.6 is 0 Å². The van der Waals surface area contributed by atoms with Crippen LogP contribution in [0.25, 0.3) is 0 Å². The van der Waals surface area contributed by atoms with E-state index in [1.807, 2.05) is 0 Å². The number of hydrogen-bond donors (Lipinski definition) is 2. The minimum atomic E-state index is -0.655. The second-order valence-electron chi connectivity index (χ2n) is 3.77. The van der Waals surface area contributed by atoms with Crippen LogP contribution in [0, 0.1) is 17.0 Å². The normalized spacial score (nSPS) is 11.9. The molecule has 0 saturated heterocycles. The van der Waals surface area contributed by atoms with E-state index in [9.17, 15) is 14.9 Å². The van der Waals surface area contributed by atoms with Crippen LogP contribution in [0.15, 0.2) is 18.2 Å². The molecule has 1 amide bonds. The minimum absolute atomic E-state index is 0.0882. The van der Waals surface area contributed by atoms with Crippen LogP contribution in [0.5, 0.6) is 0 Å². The molecule has 0 unspecified atom stereocenters. The van der Waals surface area contributed by atoms with Gasteiger partial charge in [-0.1, -0.05) is 6.07 Å². The highest BCUT2D eigenvalue weighted by Gasteiger charge is 2.17. The maximum Gasteiger partial charge on any atom is 0.273 e. The van der Waals surface area contributed by atoms with E-state index in [4.69, 9.17) is 5.11 Å². The number of nitro groups is 1. The molecule has 0 spiro atoms. The summed E-state index contributed by atoms with van der Waals surface area (Å²) < 4.78 is 0. The molecule has 0 bridgehead atoms. The van der Waals surface area contributed by atoms with E-state index in [0.29, 0.717) is 5.56 Å². The monoisotopic (exact) mass is 238 g/mol. The topological polar surface area (TPSA) is 92.5 Å². The molecule has 0 aliphatic rings. The van der Waals surface area contributed by atoms with Gasteiger partial charge in [-0.25, -0.2) is 0 Å². The summed E-state index contributed by atoms with van der Waals surface area (Å²) in [5, 5.41) is 22.2. The number of nitrogens with zero attached hydrogens (tertiary/aromatic N) is 1. The predicted octanol–water partition coefficient (Wildman–Crippen LogP) is 1.01. The average molecular weight is 238 g/mol. The molecule has 0 heterocycles. The van der Waals surface area contributed by atoms with Gasteiger partial charge in [0, 0.05) is 23.7 Å². The Balaban J connectivity index is 2.95. The Hall–Kier alpha value is -1.95. The lowest BCUT2D eigenvalue weighted by Gasteiger charge is -2.09. The number of carbonyl (C=O) groups excluding carboxylic acids is 1. The molecule has 2 N–H and O–H groups in total. The number of hydrogen-bond acceptors (Lipinski definition) is 4. The van der Waals surface area contributed by atoms with Gasteiger partial charge in [-0.15, -0.1) is 0 Å². The van der Waals surface area contributed by atoms with Crippen LogP contribution in [0.4, 0.5) is 5.69 Å². The number of benzene rings is 1. The van der Waals surface area contributed by atoms with Crippen molar-refractivity contribution in [3.8, 4) is 0 Å². The van der Waals surface area contributed by atoms with Crippen molar-refractivity contribution in [2.45, 2.75) is 20.0 Å². The molecule has 1 aromatic carbocycles. The molecule has 6 nitrogen and oxygen atoms in total. The number of rotatable bonds is 4. The number of nitrogens with one attached hydrogen (secondary N) is 1. The highest BCUT2D eigenvalue weighted by molar-refractivity contribution is 5.96. The van der Waals surface area contributed by atoms with E-state index < -0.39 is 16.9 Å². The summed E-state index contributed by atoms with van der Waals surface area (Å²) >= 11 is 0. The van der Waals surface area contributed by atoms with Gasteiger partial charge in [0.2, 0.25) is 0 Å². The van der Waals surface area contributed by atoms with Crippen molar-refractivity contribution in [2.24, 2.45) is 0 Å². The van der Waals surface area contributed by atoms with Crippen LogP contribution in [-0.2, 0) is 0 Å². The number of carbonyl (C=O) groups is 1. The van der Waals surface area contributed by atoms with E-state index in [0.717, 1.165) is 0 Å². The number of aliphatic hydroxyl groups is 1. The highest BCUT2D eigenvalue weighted by Crippen LogP contribution is 2.20. The summed E-state index contributed by atoms with van der Waals surface area (Å²) in [7, 11) is 0. The molecular weight excluding hydrogens is 224 g/mol. The highest BCUT2D eigenvalue weighted by atomic mass is 16.6. The second kappa shape index (κ2) is 5.40.